The molecular formula is C17H22N2O. The number of aromatic hydroxyl groups is 1. The van der Waals surface area contributed by atoms with E-state index in [1.165, 1.54) is 11.1 Å². The average molecular weight is 270 g/mol. The van der Waals surface area contributed by atoms with Gasteiger partial charge in [-0.3, -0.25) is 0 Å². The van der Waals surface area contributed by atoms with Gasteiger partial charge in [0.1, 0.15) is 5.75 Å². The molecule has 0 bridgehead atoms. The lowest BCUT2D eigenvalue weighted by atomic mass is 10.1. The summed E-state index contributed by atoms with van der Waals surface area (Å²) in [6.45, 7) is 6.04. The van der Waals surface area contributed by atoms with Crippen LogP contribution in [-0.4, -0.2) is 18.2 Å². The van der Waals surface area contributed by atoms with E-state index in [2.05, 4.69) is 30.9 Å². The van der Waals surface area contributed by atoms with Crippen LogP contribution >= 0.6 is 0 Å². The van der Waals surface area contributed by atoms with Crippen LogP contribution in [0.5, 0.6) is 5.75 Å². The molecule has 0 spiro atoms. The smallest absolute Gasteiger partial charge is 0.117 e. The number of nitrogens with two attached hydrogens (primary N) is 1. The third-order valence-electron chi connectivity index (χ3n) is 3.57. The fourth-order valence-corrected chi connectivity index (χ4v) is 2.34. The Morgan fingerprint density at radius 2 is 1.80 bits per heavy atom. The lowest BCUT2D eigenvalue weighted by Crippen LogP contribution is -2.26. The van der Waals surface area contributed by atoms with Crippen molar-refractivity contribution in [2.45, 2.75) is 20.3 Å². The van der Waals surface area contributed by atoms with Crippen molar-refractivity contribution in [1.29, 1.82) is 0 Å². The minimum absolute atomic E-state index is 0.316. The first-order valence-electron chi connectivity index (χ1n) is 6.99. The first-order valence-corrected chi connectivity index (χ1v) is 6.99. The monoisotopic (exact) mass is 270 g/mol. The summed E-state index contributed by atoms with van der Waals surface area (Å²) in [7, 11) is 0. The highest BCUT2D eigenvalue weighted by molar-refractivity contribution is 5.56. The van der Waals surface area contributed by atoms with Gasteiger partial charge >= 0.3 is 0 Å². The third-order valence-corrected chi connectivity index (χ3v) is 3.57. The number of nitrogens with zero attached hydrogens (tertiary/aromatic N) is 1. The van der Waals surface area contributed by atoms with Crippen LogP contribution in [-0.2, 0) is 6.42 Å². The molecule has 0 heterocycles. The molecule has 2 aromatic carbocycles. The molecule has 0 unspecified atom stereocenters. The molecule has 0 radical (unpaired) electrons. The molecule has 2 aromatic rings. The molecule has 106 valence electrons. The van der Waals surface area contributed by atoms with E-state index in [9.17, 15) is 5.11 Å². The molecule has 3 heteroatoms. The van der Waals surface area contributed by atoms with Crippen LogP contribution in [0.2, 0.25) is 0 Å². The zero-order valence-electron chi connectivity index (χ0n) is 12.1. The van der Waals surface area contributed by atoms with Gasteiger partial charge in [0, 0.05) is 30.5 Å². The highest BCUT2D eigenvalue weighted by Gasteiger charge is 2.08. The van der Waals surface area contributed by atoms with Crippen LogP contribution in [0.1, 0.15) is 18.1 Å². The van der Waals surface area contributed by atoms with Gasteiger partial charge in [0.05, 0.1) is 0 Å². The number of hydrogen-bond acceptors (Lipinski definition) is 3. The highest BCUT2D eigenvalue weighted by Crippen LogP contribution is 2.25. The van der Waals surface area contributed by atoms with Crippen molar-refractivity contribution >= 4 is 11.4 Å². The summed E-state index contributed by atoms with van der Waals surface area (Å²) in [6.07, 6.45) is 0.962. The molecule has 0 aromatic heterocycles. The summed E-state index contributed by atoms with van der Waals surface area (Å²) >= 11 is 0. The highest BCUT2D eigenvalue weighted by atomic mass is 16.3. The largest absolute Gasteiger partial charge is 0.508 e. The Balaban J connectivity index is 2.09. The molecule has 20 heavy (non-hydrogen) atoms. The number of hydrogen-bond donors (Lipinski definition) is 2. The number of rotatable bonds is 5. The molecule has 3 nitrogen and oxygen atoms in total. The Morgan fingerprint density at radius 3 is 2.45 bits per heavy atom. The molecule has 3 N–H and O–H groups in total. The lowest BCUT2D eigenvalue weighted by Gasteiger charge is -2.25. The van der Waals surface area contributed by atoms with Crippen LogP contribution in [0.4, 0.5) is 11.4 Å². The van der Waals surface area contributed by atoms with Gasteiger partial charge in [-0.2, -0.15) is 0 Å². The molecule has 0 saturated carbocycles. The van der Waals surface area contributed by atoms with E-state index in [1.54, 1.807) is 6.07 Å². The van der Waals surface area contributed by atoms with E-state index in [1.807, 2.05) is 24.3 Å². The zero-order chi connectivity index (χ0) is 14.5. The van der Waals surface area contributed by atoms with Gasteiger partial charge in [-0.05, 0) is 49.6 Å². The number of nitrogen functional groups attached to an aromatic ring is 1. The molecule has 2 rings (SSSR count). The second-order valence-electron chi connectivity index (χ2n) is 5.04. The Labute approximate surface area is 120 Å². The summed E-state index contributed by atoms with van der Waals surface area (Å²) < 4.78 is 0. The van der Waals surface area contributed by atoms with E-state index in [0.717, 1.165) is 30.9 Å². The molecule has 0 aliphatic carbocycles. The van der Waals surface area contributed by atoms with Crippen molar-refractivity contribution in [3.05, 3.63) is 53.6 Å². The number of benzene rings is 2. The minimum atomic E-state index is 0.316. The topological polar surface area (TPSA) is 49.5 Å². The number of phenolic OH excluding ortho intramolecular Hbond substituents is 1. The average Bonchev–Trinajstić information content (AvgIpc) is 2.45. The molecular weight excluding hydrogens is 248 g/mol. The molecule has 0 fully saturated rings. The molecule has 0 aliphatic heterocycles. The Bertz CT molecular complexity index is 564. The Kier molecular flexibility index (Phi) is 4.51. The van der Waals surface area contributed by atoms with Crippen molar-refractivity contribution in [3.63, 3.8) is 0 Å². The summed E-state index contributed by atoms with van der Waals surface area (Å²) in [4.78, 5) is 2.28. The standard InChI is InChI=1S/C17H22N2O/c1-3-19(17-12-16(20)9-4-13(17)2)11-10-14-5-7-15(18)8-6-14/h4-9,12,20H,3,10-11,18H2,1-2H3. The fourth-order valence-electron chi connectivity index (χ4n) is 2.34. The van der Waals surface area contributed by atoms with Crippen molar-refractivity contribution in [2.24, 2.45) is 0 Å². The summed E-state index contributed by atoms with van der Waals surface area (Å²) in [5, 5.41) is 9.66. The number of phenols is 1. The molecule has 0 saturated heterocycles. The normalized spacial score (nSPS) is 10.5. The van der Waals surface area contributed by atoms with Gasteiger partial charge in [-0.15, -0.1) is 0 Å². The maximum atomic E-state index is 9.66. The second kappa shape index (κ2) is 6.33. The van der Waals surface area contributed by atoms with E-state index < -0.39 is 0 Å². The van der Waals surface area contributed by atoms with Crippen molar-refractivity contribution < 1.29 is 5.11 Å². The van der Waals surface area contributed by atoms with Crippen LogP contribution in [0.25, 0.3) is 0 Å². The maximum Gasteiger partial charge on any atom is 0.117 e. The van der Waals surface area contributed by atoms with Crippen molar-refractivity contribution in [1.82, 2.24) is 0 Å². The molecule has 0 amide bonds. The first kappa shape index (κ1) is 14.3. The second-order valence-corrected chi connectivity index (χ2v) is 5.04. The molecule has 0 atom stereocenters. The van der Waals surface area contributed by atoms with E-state index >= 15 is 0 Å². The van der Waals surface area contributed by atoms with Crippen LogP contribution in [0.15, 0.2) is 42.5 Å². The first-order chi connectivity index (χ1) is 9.60. The maximum absolute atomic E-state index is 9.66. The van der Waals surface area contributed by atoms with Crippen molar-refractivity contribution in [2.75, 3.05) is 23.7 Å². The van der Waals surface area contributed by atoms with E-state index in [0.29, 0.717) is 5.75 Å². The zero-order valence-corrected chi connectivity index (χ0v) is 12.1. The number of likely N-dealkylation sites (N-methyl/N-ethyl adjacent to an activating group) is 1. The fraction of sp³-hybridized carbons (Fsp3) is 0.294. The van der Waals surface area contributed by atoms with Gasteiger partial charge in [0.25, 0.3) is 0 Å². The predicted molar refractivity (Wildman–Crippen MR) is 85.3 cm³/mol. The lowest BCUT2D eigenvalue weighted by molar-refractivity contribution is 0.475. The van der Waals surface area contributed by atoms with Crippen molar-refractivity contribution in [3.8, 4) is 5.75 Å². The van der Waals surface area contributed by atoms with Crippen LogP contribution in [0, 0.1) is 6.92 Å². The summed E-state index contributed by atoms with van der Waals surface area (Å²) in [6, 6.07) is 13.5. The summed E-state index contributed by atoms with van der Waals surface area (Å²) in [5.41, 5.74) is 10.1. The van der Waals surface area contributed by atoms with Gasteiger partial charge in [-0.1, -0.05) is 18.2 Å². The Hall–Kier alpha value is -2.16. The molecule has 0 aliphatic rings. The van der Waals surface area contributed by atoms with Gasteiger partial charge < -0.3 is 15.7 Å². The number of anilines is 2. The SMILES string of the molecule is CCN(CCc1ccc(N)cc1)c1cc(O)ccc1C. The third kappa shape index (κ3) is 3.44. The number of aryl methyl sites for hydroxylation is 1. The predicted octanol–water partition coefficient (Wildman–Crippen LogP) is 3.35. The van der Waals surface area contributed by atoms with E-state index in [-0.39, 0.29) is 0 Å². The minimum Gasteiger partial charge on any atom is -0.508 e. The van der Waals surface area contributed by atoms with Crippen LogP contribution in [0.3, 0.4) is 0 Å². The summed E-state index contributed by atoms with van der Waals surface area (Å²) in [5.74, 6) is 0.316. The quantitative estimate of drug-likeness (QED) is 0.819. The van der Waals surface area contributed by atoms with Gasteiger partial charge in [0.2, 0.25) is 0 Å². The Morgan fingerprint density at radius 1 is 1.10 bits per heavy atom. The van der Waals surface area contributed by atoms with E-state index in [4.69, 9.17) is 5.73 Å². The van der Waals surface area contributed by atoms with Gasteiger partial charge in [-0.25, -0.2) is 0 Å². The van der Waals surface area contributed by atoms with Gasteiger partial charge in [0.15, 0.2) is 0 Å². The van der Waals surface area contributed by atoms with Crippen LogP contribution < -0.4 is 10.6 Å².